The van der Waals surface area contributed by atoms with E-state index < -0.39 is 0 Å². The normalized spacial score (nSPS) is 10.4. The Morgan fingerprint density at radius 3 is 2.52 bits per heavy atom. The number of carbonyl (C=O) groups excluding carboxylic acids is 2. The molecule has 0 aliphatic heterocycles. The Kier molecular flexibility index (Phi) is 6.50. The highest BCUT2D eigenvalue weighted by atomic mass is 32.2. The summed E-state index contributed by atoms with van der Waals surface area (Å²) in [5.74, 6) is 1.19. The molecule has 9 heteroatoms. The van der Waals surface area contributed by atoms with Gasteiger partial charge in [-0.3, -0.25) is 9.59 Å². The van der Waals surface area contributed by atoms with Crippen LogP contribution < -0.4 is 15.4 Å². The van der Waals surface area contributed by atoms with Crippen LogP contribution in [-0.4, -0.2) is 46.5 Å². The number of methoxy groups -OCH3 is 1. The van der Waals surface area contributed by atoms with Crippen molar-refractivity contribution in [1.82, 2.24) is 20.1 Å². The minimum absolute atomic E-state index is 0.174. The number of carbonyl (C=O) groups is 2. The second kappa shape index (κ2) is 9.24. The van der Waals surface area contributed by atoms with Gasteiger partial charge in [-0.15, -0.1) is 10.2 Å². The van der Waals surface area contributed by atoms with Gasteiger partial charge in [0.2, 0.25) is 5.91 Å². The Balaban J connectivity index is 1.62. The van der Waals surface area contributed by atoms with Crippen LogP contribution in [0.1, 0.15) is 10.4 Å². The van der Waals surface area contributed by atoms with E-state index in [0.717, 1.165) is 5.56 Å². The van der Waals surface area contributed by atoms with Crippen molar-refractivity contribution in [2.75, 3.05) is 25.2 Å². The largest absolute Gasteiger partial charge is 0.496 e. The molecule has 8 nitrogen and oxygen atoms in total. The van der Waals surface area contributed by atoms with Gasteiger partial charge < -0.3 is 19.9 Å². The summed E-state index contributed by atoms with van der Waals surface area (Å²) in [5, 5.41) is 14.4. The fourth-order valence-electron chi connectivity index (χ4n) is 2.68. The lowest BCUT2D eigenvalue weighted by molar-refractivity contribution is -0.113. The Labute approximate surface area is 172 Å². The third kappa shape index (κ3) is 4.75. The van der Waals surface area contributed by atoms with Gasteiger partial charge in [-0.2, -0.15) is 0 Å². The maximum absolute atomic E-state index is 12.3. The van der Waals surface area contributed by atoms with Crippen LogP contribution in [0, 0.1) is 0 Å². The van der Waals surface area contributed by atoms with Crippen molar-refractivity contribution >= 4 is 29.3 Å². The van der Waals surface area contributed by atoms with Crippen molar-refractivity contribution in [2.45, 2.75) is 5.16 Å². The first-order valence-corrected chi connectivity index (χ1v) is 9.79. The molecular formula is C20H21N5O3S. The van der Waals surface area contributed by atoms with Crippen LogP contribution in [0.2, 0.25) is 0 Å². The van der Waals surface area contributed by atoms with E-state index in [-0.39, 0.29) is 17.6 Å². The number of para-hydroxylation sites is 1. The quantitative estimate of drug-likeness (QED) is 0.580. The van der Waals surface area contributed by atoms with E-state index in [9.17, 15) is 9.59 Å². The molecular weight excluding hydrogens is 390 g/mol. The number of rotatable bonds is 7. The molecule has 1 heterocycles. The number of anilines is 1. The number of nitrogens with zero attached hydrogens (tertiary/aromatic N) is 3. The van der Waals surface area contributed by atoms with E-state index in [0.29, 0.717) is 28.0 Å². The first-order chi connectivity index (χ1) is 14.0. The minimum Gasteiger partial charge on any atom is -0.496 e. The van der Waals surface area contributed by atoms with Gasteiger partial charge in [0.1, 0.15) is 5.75 Å². The standard InChI is InChI=1S/C20H21N5O3S/c1-21-19(27)13-8-10-14(11-9-13)22-17(26)12-29-20-24-23-18(25(20)2)15-6-4-5-7-16(15)28-3/h4-11H,12H2,1-3H3,(H,21,27)(H,22,26). The van der Waals surface area contributed by atoms with Crippen molar-refractivity contribution in [2.24, 2.45) is 7.05 Å². The summed E-state index contributed by atoms with van der Waals surface area (Å²) in [6.45, 7) is 0. The molecule has 0 bridgehead atoms. The Morgan fingerprint density at radius 2 is 1.83 bits per heavy atom. The Hall–Kier alpha value is -3.33. The van der Waals surface area contributed by atoms with E-state index in [1.807, 2.05) is 35.9 Å². The van der Waals surface area contributed by atoms with E-state index >= 15 is 0 Å². The molecule has 29 heavy (non-hydrogen) atoms. The van der Waals surface area contributed by atoms with Crippen LogP contribution in [0.5, 0.6) is 5.75 Å². The predicted octanol–water partition coefficient (Wildman–Crippen LogP) is 2.58. The lowest BCUT2D eigenvalue weighted by Gasteiger charge is -2.08. The third-order valence-electron chi connectivity index (χ3n) is 4.17. The molecule has 2 N–H and O–H groups in total. The van der Waals surface area contributed by atoms with E-state index in [4.69, 9.17) is 4.74 Å². The summed E-state index contributed by atoms with van der Waals surface area (Å²) in [6, 6.07) is 14.3. The van der Waals surface area contributed by atoms with Gasteiger partial charge in [0.15, 0.2) is 11.0 Å². The number of hydrogen-bond acceptors (Lipinski definition) is 6. The summed E-state index contributed by atoms with van der Waals surface area (Å²) in [4.78, 5) is 23.8. The summed E-state index contributed by atoms with van der Waals surface area (Å²) in [5.41, 5.74) is 1.98. The van der Waals surface area contributed by atoms with Crippen molar-refractivity contribution in [3.05, 3.63) is 54.1 Å². The molecule has 3 aromatic rings. The SMILES string of the molecule is CNC(=O)c1ccc(NC(=O)CSc2nnc(-c3ccccc3OC)n2C)cc1. The monoisotopic (exact) mass is 411 g/mol. The molecule has 0 radical (unpaired) electrons. The average molecular weight is 411 g/mol. The van der Waals surface area contributed by atoms with Crippen LogP contribution in [-0.2, 0) is 11.8 Å². The number of thioether (sulfide) groups is 1. The summed E-state index contributed by atoms with van der Waals surface area (Å²) in [7, 11) is 5.02. The van der Waals surface area contributed by atoms with E-state index in [1.165, 1.54) is 11.8 Å². The third-order valence-corrected chi connectivity index (χ3v) is 5.19. The van der Waals surface area contributed by atoms with Crippen molar-refractivity contribution in [1.29, 1.82) is 0 Å². The second-order valence-corrected chi connectivity index (χ2v) is 7.00. The highest BCUT2D eigenvalue weighted by molar-refractivity contribution is 7.99. The molecule has 0 saturated heterocycles. The zero-order valence-electron chi connectivity index (χ0n) is 16.3. The zero-order chi connectivity index (χ0) is 20.8. The highest BCUT2D eigenvalue weighted by Gasteiger charge is 2.16. The summed E-state index contributed by atoms with van der Waals surface area (Å²) >= 11 is 1.29. The maximum Gasteiger partial charge on any atom is 0.251 e. The summed E-state index contributed by atoms with van der Waals surface area (Å²) < 4.78 is 7.21. The van der Waals surface area contributed by atoms with E-state index in [2.05, 4.69) is 20.8 Å². The molecule has 0 fully saturated rings. The van der Waals surface area contributed by atoms with Gasteiger partial charge in [-0.25, -0.2) is 0 Å². The van der Waals surface area contributed by atoms with Gasteiger partial charge in [0.25, 0.3) is 5.91 Å². The second-order valence-electron chi connectivity index (χ2n) is 6.06. The lowest BCUT2D eigenvalue weighted by Crippen LogP contribution is -2.18. The number of ether oxygens (including phenoxy) is 1. The van der Waals surface area contributed by atoms with Gasteiger partial charge in [0.05, 0.1) is 18.4 Å². The van der Waals surface area contributed by atoms with E-state index in [1.54, 1.807) is 38.4 Å². The number of benzene rings is 2. The van der Waals surface area contributed by atoms with Crippen LogP contribution in [0.4, 0.5) is 5.69 Å². The number of hydrogen-bond donors (Lipinski definition) is 2. The number of aromatic nitrogens is 3. The maximum atomic E-state index is 12.3. The fraction of sp³-hybridized carbons (Fsp3) is 0.200. The zero-order valence-corrected chi connectivity index (χ0v) is 17.1. The molecule has 0 unspecified atom stereocenters. The predicted molar refractivity (Wildman–Crippen MR) is 112 cm³/mol. The van der Waals surface area contributed by atoms with Gasteiger partial charge in [-0.05, 0) is 36.4 Å². The number of amides is 2. The van der Waals surface area contributed by atoms with Crippen LogP contribution in [0.15, 0.2) is 53.7 Å². The number of nitrogens with one attached hydrogen (secondary N) is 2. The average Bonchev–Trinajstić information content (AvgIpc) is 3.12. The molecule has 0 aliphatic carbocycles. The lowest BCUT2D eigenvalue weighted by atomic mass is 10.2. The Bertz CT molecular complexity index is 1020. The fourth-order valence-corrected chi connectivity index (χ4v) is 3.39. The molecule has 1 aromatic heterocycles. The highest BCUT2D eigenvalue weighted by Crippen LogP contribution is 2.29. The minimum atomic E-state index is -0.176. The van der Waals surface area contributed by atoms with Crippen LogP contribution in [0.25, 0.3) is 11.4 Å². The molecule has 0 saturated carbocycles. The van der Waals surface area contributed by atoms with Gasteiger partial charge >= 0.3 is 0 Å². The molecule has 3 rings (SSSR count). The first-order valence-electron chi connectivity index (χ1n) is 8.81. The molecule has 0 atom stereocenters. The van der Waals surface area contributed by atoms with Crippen LogP contribution >= 0.6 is 11.8 Å². The molecule has 0 aliphatic rings. The topological polar surface area (TPSA) is 98.1 Å². The molecule has 2 aromatic carbocycles. The Morgan fingerprint density at radius 1 is 1.10 bits per heavy atom. The van der Waals surface area contributed by atoms with Crippen molar-refractivity contribution in [3.8, 4) is 17.1 Å². The van der Waals surface area contributed by atoms with Gasteiger partial charge in [0, 0.05) is 25.3 Å². The van der Waals surface area contributed by atoms with Crippen LogP contribution in [0.3, 0.4) is 0 Å². The molecule has 0 spiro atoms. The van der Waals surface area contributed by atoms with Crippen molar-refractivity contribution in [3.63, 3.8) is 0 Å². The van der Waals surface area contributed by atoms with Gasteiger partial charge in [-0.1, -0.05) is 23.9 Å². The summed E-state index contributed by atoms with van der Waals surface area (Å²) in [6.07, 6.45) is 0. The van der Waals surface area contributed by atoms with Crippen molar-refractivity contribution < 1.29 is 14.3 Å². The molecule has 150 valence electrons. The smallest absolute Gasteiger partial charge is 0.251 e. The first kappa shape index (κ1) is 20.4. The molecule has 2 amide bonds.